The number of nitrogens with zero attached hydrogens (tertiary/aromatic N) is 6. The molecule has 0 aromatic carbocycles. The molecular weight excluding hydrogens is 565 g/mol. The summed E-state index contributed by atoms with van der Waals surface area (Å²) in [7, 11) is 0. The van der Waals surface area contributed by atoms with E-state index >= 15 is 0 Å². The van der Waals surface area contributed by atoms with Gasteiger partial charge >= 0.3 is 21.1 Å². The first-order valence-electron chi connectivity index (χ1n) is 7.07. The summed E-state index contributed by atoms with van der Waals surface area (Å²) in [6.07, 6.45) is 0. The van der Waals surface area contributed by atoms with E-state index in [9.17, 15) is 0 Å². The molecule has 0 atom stereocenters. The van der Waals surface area contributed by atoms with Crippen LogP contribution in [0.4, 0.5) is 0 Å². The third kappa shape index (κ3) is 8.69. The van der Waals surface area contributed by atoms with Gasteiger partial charge in [-0.1, -0.05) is 0 Å². The average Bonchev–Trinajstić information content (AvgIpc) is 2.45. The maximum Gasteiger partial charge on any atom is 4.00 e. The van der Waals surface area contributed by atoms with Crippen molar-refractivity contribution in [3.05, 3.63) is 21.3 Å². The molecule has 0 aromatic rings. The van der Waals surface area contributed by atoms with Crippen LogP contribution in [0.25, 0.3) is 21.3 Å². The molecule has 0 aromatic heterocycles. The zero-order valence-electron chi connectivity index (χ0n) is 13.2. The van der Waals surface area contributed by atoms with Gasteiger partial charge in [0.15, 0.2) is 0 Å². The van der Waals surface area contributed by atoms with Crippen LogP contribution < -0.4 is 0 Å². The Morgan fingerprint density at radius 1 is 0.609 bits per heavy atom. The molecule has 0 saturated carbocycles. The third-order valence-corrected chi connectivity index (χ3v) is 5.09. The van der Waals surface area contributed by atoms with Crippen molar-refractivity contribution in [2.24, 2.45) is 0 Å². The first-order chi connectivity index (χ1) is 10.3. The van der Waals surface area contributed by atoms with E-state index in [0.717, 1.165) is 7.88 Å². The fourth-order valence-electron chi connectivity index (χ4n) is 1.88. The van der Waals surface area contributed by atoms with Gasteiger partial charge in [-0.05, 0) is 61.0 Å². The van der Waals surface area contributed by atoms with Crippen LogP contribution in [0, 0.1) is 0 Å². The SMILES string of the molecule is CC1(N(Cl)Cl)C[N-]CC[N-]CC(C)(N(Cl)Cl)C[N-]CC[N-]C1.[Pt+4]. The summed E-state index contributed by atoms with van der Waals surface area (Å²) in [4.78, 5) is 0. The molecule has 11 heteroatoms. The van der Waals surface area contributed by atoms with Crippen molar-refractivity contribution in [3.8, 4) is 0 Å². The molecule has 23 heavy (non-hydrogen) atoms. The molecule has 1 aliphatic rings. The minimum Gasteiger partial charge on any atom is -0.662 e. The van der Waals surface area contributed by atoms with Crippen LogP contribution in [0.3, 0.4) is 0 Å². The van der Waals surface area contributed by atoms with Gasteiger partial charge in [-0.15, -0.1) is 34.1 Å². The molecule has 1 aliphatic heterocycles. The minimum absolute atomic E-state index is 0. The second-order valence-corrected chi connectivity index (χ2v) is 7.58. The van der Waals surface area contributed by atoms with Crippen LogP contribution >= 0.6 is 47.1 Å². The van der Waals surface area contributed by atoms with Gasteiger partial charge < -0.3 is 21.3 Å². The summed E-state index contributed by atoms with van der Waals surface area (Å²) in [5.41, 5.74) is -1.02. The molecular formula is C12H22Cl4N6Pt. The van der Waals surface area contributed by atoms with Crippen LogP contribution in [0.1, 0.15) is 13.8 Å². The summed E-state index contributed by atoms with van der Waals surface area (Å²) < 4.78 is 2.27. The maximum atomic E-state index is 5.92. The Kier molecular flexibility index (Phi) is 12.9. The fourth-order valence-corrected chi connectivity index (χ4v) is 2.30. The number of hydrogen-bond acceptors (Lipinski definition) is 2. The number of hydrogen-bond donors (Lipinski definition) is 0. The maximum absolute atomic E-state index is 5.92. The smallest absolute Gasteiger partial charge is 0.662 e. The van der Waals surface area contributed by atoms with Crippen LogP contribution in [-0.4, -0.2) is 71.3 Å². The van der Waals surface area contributed by atoms with Crippen molar-refractivity contribution >= 4 is 47.1 Å². The Bertz CT molecular complexity index is 278. The molecule has 1 rings (SSSR count). The monoisotopic (exact) mass is 585 g/mol. The molecule has 1 fully saturated rings. The first kappa shape index (κ1) is 24.6. The van der Waals surface area contributed by atoms with Crippen LogP contribution in [-0.2, 0) is 21.1 Å². The first-order valence-corrected chi connectivity index (χ1v) is 8.42. The second kappa shape index (κ2) is 12.1. The van der Waals surface area contributed by atoms with E-state index in [-0.39, 0.29) is 21.1 Å². The van der Waals surface area contributed by atoms with Crippen molar-refractivity contribution in [3.63, 3.8) is 0 Å². The molecule has 0 amide bonds. The van der Waals surface area contributed by atoms with E-state index in [4.69, 9.17) is 47.1 Å². The van der Waals surface area contributed by atoms with Crippen LogP contribution in [0.15, 0.2) is 0 Å². The van der Waals surface area contributed by atoms with Crippen LogP contribution in [0.2, 0.25) is 0 Å². The summed E-state index contributed by atoms with van der Waals surface area (Å²) in [5, 5.41) is 17.8. The zero-order chi connectivity index (χ0) is 16.6. The molecule has 6 nitrogen and oxygen atoms in total. The largest absolute Gasteiger partial charge is 4.00 e. The Morgan fingerprint density at radius 2 is 0.826 bits per heavy atom. The summed E-state index contributed by atoms with van der Waals surface area (Å²) >= 11 is 23.7. The minimum atomic E-state index is -0.509. The molecule has 0 N–H and O–H groups in total. The molecule has 0 radical (unpaired) electrons. The van der Waals surface area contributed by atoms with E-state index < -0.39 is 11.1 Å². The van der Waals surface area contributed by atoms with Gasteiger partial charge in [0.05, 0.1) is 0 Å². The average molecular weight is 587 g/mol. The molecule has 0 aliphatic carbocycles. The summed E-state index contributed by atoms with van der Waals surface area (Å²) in [6, 6.07) is 0. The number of rotatable bonds is 2. The van der Waals surface area contributed by atoms with Gasteiger partial charge in [0.1, 0.15) is 0 Å². The van der Waals surface area contributed by atoms with Gasteiger partial charge in [0.25, 0.3) is 0 Å². The zero-order valence-corrected chi connectivity index (χ0v) is 18.5. The van der Waals surface area contributed by atoms with Gasteiger partial charge in [0, 0.05) is 11.1 Å². The van der Waals surface area contributed by atoms with Gasteiger partial charge in [0.2, 0.25) is 0 Å². The van der Waals surface area contributed by atoms with Crippen molar-refractivity contribution in [2.75, 3.05) is 52.4 Å². The Morgan fingerprint density at radius 3 is 1.00 bits per heavy atom. The normalized spacial score (nSPS) is 32.3. The Labute approximate surface area is 174 Å². The number of halogens is 4. The van der Waals surface area contributed by atoms with Crippen LogP contribution in [0.5, 0.6) is 0 Å². The van der Waals surface area contributed by atoms with Gasteiger partial charge in [-0.3, -0.25) is 0 Å². The van der Waals surface area contributed by atoms with Crippen molar-refractivity contribution in [1.82, 2.24) is 7.88 Å². The standard InChI is InChI=1S/C12H22Cl4N6.Pt/c1-11(21(13)14)7-17-3-5-19-9-12(2,22(15)16)10-20-6-4-18-8-11;/h3-10H2,1-2H3;/q-4;+4. The van der Waals surface area contributed by atoms with Crippen molar-refractivity contribution in [2.45, 2.75) is 24.9 Å². The fraction of sp³-hybridized carbons (Fsp3) is 1.00. The molecule has 0 unspecified atom stereocenters. The summed E-state index contributed by atoms with van der Waals surface area (Å²) in [6.45, 7) is 8.18. The predicted molar refractivity (Wildman–Crippen MR) is 96.3 cm³/mol. The molecule has 1 heterocycles. The molecule has 1 saturated heterocycles. The Balaban J connectivity index is 0.00000484. The topological polar surface area (TPSA) is 62.9 Å². The van der Waals surface area contributed by atoms with Crippen molar-refractivity contribution in [1.29, 1.82) is 0 Å². The van der Waals surface area contributed by atoms with E-state index in [1.54, 1.807) is 0 Å². The van der Waals surface area contributed by atoms with Gasteiger partial charge in [-0.2, -0.15) is 26.2 Å². The molecule has 0 bridgehead atoms. The third-order valence-electron chi connectivity index (χ3n) is 3.46. The second-order valence-electron chi connectivity index (χ2n) is 5.88. The van der Waals surface area contributed by atoms with E-state index in [2.05, 4.69) is 21.3 Å². The Hall–Kier alpha value is 1.61. The predicted octanol–water partition coefficient (Wildman–Crippen LogP) is 4.23. The summed E-state index contributed by atoms with van der Waals surface area (Å²) in [5.74, 6) is 0. The quantitative estimate of drug-likeness (QED) is 0.455. The van der Waals surface area contributed by atoms with E-state index in [1.165, 1.54) is 0 Å². The van der Waals surface area contributed by atoms with Crippen molar-refractivity contribution < 1.29 is 21.1 Å². The van der Waals surface area contributed by atoms with E-state index in [0.29, 0.717) is 52.4 Å². The molecule has 0 spiro atoms. The van der Waals surface area contributed by atoms with E-state index in [1.807, 2.05) is 13.8 Å². The molecule has 138 valence electrons. The van der Waals surface area contributed by atoms with Gasteiger partial charge in [-0.25, -0.2) is 0 Å².